The molecule has 2 aliphatic heterocycles. The average Bonchev–Trinajstić information content (AvgIpc) is 2.99. The molecule has 2 aliphatic rings. The fourth-order valence-corrected chi connectivity index (χ4v) is 2.80. The normalized spacial score (nSPS) is 18.1. The zero-order chi connectivity index (χ0) is 16.6. The van der Waals surface area contributed by atoms with Crippen molar-refractivity contribution in [1.29, 1.82) is 0 Å². The van der Waals surface area contributed by atoms with Crippen LogP contribution < -0.4 is 15.5 Å². The van der Waals surface area contributed by atoms with Crippen LogP contribution in [0.4, 0.5) is 14.9 Å². The highest BCUT2D eigenvalue weighted by Crippen LogP contribution is 2.28. The van der Waals surface area contributed by atoms with Gasteiger partial charge in [0.25, 0.3) is 11.8 Å². The number of carbonyl (C=O) groups excluding carboxylic acids is 3. The van der Waals surface area contributed by atoms with E-state index in [2.05, 4.69) is 0 Å². The average molecular weight is 317 g/mol. The number of barbiturate groups is 1. The second-order valence-corrected chi connectivity index (χ2v) is 5.65. The molecule has 0 bridgehead atoms. The molecule has 2 saturated heterocycles. The lowest BCUT2D eigenvalue weighted by molar-refractivity contribution is -0.123. The summed E-state index contributed by atoms with van der Waals surface area (Å²) >= 11 is 0. The van der Waals surface area contributed by atoms with E-state index in [1.807, 2.05) is 15.5 Å². The van der Waals surface area contributed by atoms with E-state index in [4.69, 9.17) is 0 Å². The van der Waals surface area contributed by atoms with Crippen molar-refractivity contribution in [2.75, 3.05) is 18.0 Å². The molecular weight excluding hydrogens is 301 g/mol. The van der Waals surface area contributed by atoms with Gasteiger partial charge in [-0.3, -0.25) is 20.2 Å². The van der Waals surface area contributed by atoms with Crippen molar-refractivity contribution in [3.05, 3.63) is 34.6 Å². The molecule has 0 aromatic heterocycles. The summed E-state index contributed by atoms with van der Waals surface area (Å²) < 4.78 is 14.4. The zero-order valence-corrected chi connectivity index (χ0v) is 12.6. The number of rotatable bonds is 2. The number of nitrogens with one attached hydrogen (secondary N) is 2. The van der Waals surface area contributed by atoms with Crippen LogP contribution in [0.3, 0.4) is 0 Å². The van der Waals surface area contributed by atoms with Gasteiger partial charge in [-0.05, 0) is 49.1 Å². The van der Waals surface area contributed by atoms with Gasteiger partial charge >= 0.3 is 6.03 Å². The van der Waals surface area contributed by atoms with Crippen molar-refractivity contribution in [3.8, 4) is 0 Å². The first-order valence-corrected chi connectivity index (χ1v) is 7.39. The number of anilines is 1. The number of urea groups is 1. The van der Waals surface area contributed by atoms with Crippen LogP contribution in [0.25, 0.3) is 6.08 Å². The highest BCUT2D eigenvalue weighted by molar-refractivity contribution is 6.31. The lowest BCUT2D eigenvalue weighted by Gasteiger charge is -2.20. The van der Waals surface area contributed by atoms with E-state index in [0.29, 0.717) is 11.3 Å². The summed E-state index contributed by atoms with van der Waals surface area (Å²) in [5.41, 5.74) is 1.49. The fourth-order valence-electron chi connectivity index (χ4n) is 2.80. The summed E-state index contributed by atoms with van der Waals surface area (Å²) in [6.07, 6.45) is 3.38. The molecule has 1 aromatic rings. The number of hydrogen-bond acceptors (Lipinski definition) is 4. The minimum Gasteiger partial charge on any atom is -0.369 e. The molecule has 0 spiro atoms. The van der Waals surface area contributed by atoms with E-state index in [1.165, 1.54) is 12.1 Å². The molecule has 3 rings (SSSR count). The summed E-state index contributed by atoms with van der Waals surface area (Å²) in [7, 11) is 0. The first-order valence-electron chi connectivity index (χ1n) is 7.39. The minimum absolute atomic E-state index is 0.221. The predicted molar refractivity (Wildman–Crippen MR) is 82.2 cm³/mol. The fraction of sp³-hybridized carbons (Fsp3) is 0.312. The highest BCUT2D eigenvalue weighted by Gasteiger charge is 2.28. The molecule has 0 unspecified atom stereocenters. The van der Waals surface area contributed by atoms with Crippen LogP contribution in [0.2, 0.25) is 0 Å². The Labute approximate surface area is 132 Å². The SMILES string of the molecule is Cc1cc(N2CCCC2)c(F)cc1C=C1C(=O)NC(=O)NC1=O. The summed E-state index contributed by atoms with van der Waals surface area (Å²) in [6, 6.07) is 2.17. The molecule has 2 N–H and O–H groups in total. The quantitative estimate of drug-likeness (QED) is 0.640. The van der Waals surface area contributed by atoms with Crippen LogP contribution in [0.5, 0.6) is 0 Å². The Kier molecular flexibility index (Phi) is 3.85. The van der Waals surface area contributed by atoms with Crippen LogP contribution in [0.15, 0.2) is 17.7 Å². The van der Waals surface area contributed by atoms with Gasteiger partial charge in [0.2, 0.25) is 0 Å². The van der Waals surface area contributed by atoms with Gasteiger partial charge in [0.05, 0.1) is 5.69 Å². The Morgan fingerprint density at radius 2 is 1.70 bits per heavy atom. The van der Waals surface area contributed by atoms with E-state index < -0.39 is 23.7 Å². The summed E-state index contributed by atoms with van der Waals surface area (Å²) in [6.45, 7) is 3.43. The third-order valence-electron chi connectivity index (χ3n) is 4.03. The number of imide groups is 2. The first kappa shape index (κ1) is 15.2. The lowest BCUT2D eigenvalue weighted by atomic mass is 10.0. The third-order valence-corrected chi connectivity index (χ3v) is 4.03. The third kappa shape index (κ3) is 2.94. The van der Waals surface area contributed by atoms with Crippen molar-refractivity contribution in [2.24, 2.45) is 0 Å². The van der Waals surface area contributed by atoms with Gasteiger partial charge in [0, 0.05) is 13.1 Å². The zero-order valence-electron chi connectivity index (χ0n) is 12.6. The van der Waals surface area contributed by atoms with Gasteiger partial charge in [0.15, 0.2) is 0 Å². The Bertz CT molecular complexity index is 714. The van der Waals surface area contributed by atoms with E-state index in [-0.39, 0.29) is 5.57 Å². The van der Waals surface area contributed by atoms with Crippen molar-refractivity contribution < 1.29 is 18.8 Å². The van der Waals surface area contributed by atoms with Crippen LogP contribution in [-0.4, -0.2) is 30.9 Å². The van der Waals surface area contributed by atoms with E-state index in [1.54, 1.807) is 13.0 Å². The molecular formula is C16H16FN3O3. The van der Waals surface area contributed by atoms with Gasteiger partial charge in [-0.1, -0.05) is 0 Å². The standard InChI is InChI=1S/C16H16FN3O3/c1-9-6-13(20-4-2-3-5-20)12(17)8-10(9)7-11-14(21)18-16(23)19-15(11)22/h6-8H,2-5H2,1H3,(H2,18,19,21,22,23). The highest BCUT2D eigenvalue weighted by atomic mass is 19.1. The molecule has 7 heteroatoms. The topological polar surface area (TPSA) is 78.5 Å². The second kappa shape index (κ2) is 5.83. The predicted octanol–water partition coefficient (Wildman–Crippen LogP) is 1.48. The Hall–Kier alpha value is -2.70. The summed E-state index contributed by atoms with van der Waals surface area (Å²) in [5.74, 6) is -1.97. The van der Waals surface area contributed by atoms with Gasteiger partial charge in [-0.2, -0.15) is 0 Å². The van der Waals surface area contributed by atoms with E-state index in [0.717, 1.165) is 31.5 Å². The van der Waals surface area contributed by atoms with Crippen molar-refractivity contribution in [1.82, 2.24) is 10.6 Å². The molecule has 2 fully saturated rings. The molecule has 0 aliphatic carbocycles. The monoisotopic (exact) mass is 317 g/mol. The first-order chi connectivity index (χ1) is 11.0. The van der Waals surface area contributed by atoms with Crippen molar-refractivity contribution in [3.63, 3.8) is 0 Å². The maximum atomic E-state index is 14.4. The number of hydrogen-bond donors (Lipinski definition) is 2. The molecule has 6 nitrogen and oxygen atoms in total. The minimum atomic E-state index is -0.857. The van der Waals surface area contributed by atoms with Crippen molar-refractivity contribution >= 4 is 29.6 Å². The maximum Gasteiger partial charge on any atom is 0.328 e. The molecule has 0 saturated carbocycles. The van der Waals surface area contributed by atoms with Crippen molar-refractivity contribution in [2.45, 2.75) is 19.8 Å². The Balaban J connectivity index is 1.95. The molecule has 23 heavy (non-hydrogen) atoms. The van der Waals surface area contributed by atoms with Gasteiger partial charge in [-0.25, -0.2) is 9.18 Å². The molecule has 2 heterocycles. The second-order valence-electron chi connectivity index (χ2n) is 5.65. The number of carbonyl (C=O) groups is 3. The largest absolute Gasteiger partial charge is 0.369 e. The molecule has 0 atom stereocenters. The summed E-state index contributed by atoms with van der Waals surface area (Å²) in [4.78, 5) is 36.5. The van der Waals surface area contributed by atoms with Gasteiger partial charge in [0.1, 0.15) is 11.4 Å². The molecule has 1 aromatic carbocycles. The van der Waals surface area contributed by atoms with Gasteiger partial charge in [-0.15, -0.1) is 0 Å². The van der Waals surface area contributed by atoms with Crippen LogP contribution in [-0.2, 0) is 9.59 Å². The Morgan fingerprint density at radius 3 is 2.30 bits per heavy atom. The van der Waals surface area contributed by atoms with Crippen LogP contribution in [0, 0.1) is 12.7 Å². The maximum absolute atomic E-state index is 14.4. The van der Waals surface area contributed by atoms with E-state index >= 15 is 0 Å². The molecule has 0 radical (unpaired) electrons. The smallest absolute Gasteiger partial charge is 0.328 e. The Morgan fingerprint density at radius 1 is 1.09 bits per heavy atom. The summed E-state index contributed by atoms with van der Waals surface area (Å²) in [5, 5.41) is 3.98. The molecule has 120 valence electrons. The number of amides is 4. The van der Waals surface area contributed by atoms with Gasteiger partial charge < -0.3 is 4.90 Å². The molecule has 4 amide bonds. The number of benzene rings is 1. The van der Waals surface area contributed by atoms with Crippen LogP contribution >= 0.6 is 0 Å². The number of aryl methyl sites for hydroxylation is 1. The van der Waals surface area contributed by atoms with E-state index in [9.17, 15) is 18.8 Å². The lowest BCUT2D eigenvalue weighted by Crippen LogP contribution is -2.51. The number of halogens is 1. The van der Waals surface area contributed by atoms with Crippen LogP contribution in [0.1, 0.15) is 24.0 Å². The number of nitrogens with zero attached hydrogens (tertiary/aromatic N) is 1.